The van der Waals surface area contributed by atoms with E-state index < -0.39 is 5.82 Å². The van der Waals surface area contributed by atoms with Gasteiger partial charge in [0.1, 0.15) is 11.6 Å². The van der Waals surface area contributed by atoms with Crippen LogP contribution in [0.25, 0.3) is 0 Å². The standard InChI is InChI=1S/C15H15ClFN3O/c1-2-7-19-15(21)11-4-3-8-18-14(11)20-10-5-6-13(17)12(16)9-10/h3-6,8-9H,2,7H2,1H3,(H,18,20)(H,19,21). The number of hydrogen-bond acceptors (Lipinski definition) is 3. The SMILES string of the molecule is CCCNC(=O)c1cccnc1Nc1ccc(F)c(Cl)c1. The zero-order valence-electron chi connectivity index (χ0n) is 11.5. The number of amides is 1. The van der Waals surface area contributed by atoms with Crippen LogP contribution in [0.2, 0.25) is 5.02 Å². The van der Waals surface area contributed by atoms with E-state index in [-0.39, 0.29) is 10.9 Å². The van der Waals surface area contributed by atoms with E-state index in [0.717, 1.165) is 6.42 Å². The van der Waals surface area contributed by atoms with E-state index in [4.69, 9.17) is 11.6 Å². The summed E-state index contributed by atoms with van der Waals surface area (Å²) in [6.45, 7) is 2.57. The Labute approximate surface area is 127 Å². The summed E-state index contributed by atoms with van der Waals surface area (Å²) in [6.07, 6.45) is 2.42. The van der Waals surface area contributed by atoms with Crippen LogP contribution in [0, 0.1) is 5.82 Å². The lowest BCUT2D eigenvalue weighted by Crippen LogP contribution is -2.25. The van der Waals surface area contributed by atoms with Crippen LogP contribution in [0.15, 0.2) is 36.5 Å². The average molecular weight is 308 g/mol. The molecule has 110 valence electrons. The number of anilines is 2. The smallest absolute Gasteiger partial charge is 0.255 e. The first-order valence-electron chi connectivity index (χ1n) is 6.57. The monoisotopic (exact) mass is 307 g/mol. The van der Waals surface area contributed by atoms with Crippen molar-refractivity contribution < 1.29 is 9.18 Å². The predicted molar refractivity (Wildman–Crippen MR) is 81.6 cm³/mol. The zero-order chi connectivity index (χ0) is 15.2. The second-order valence-corrected chi connectivity index (χ2v) is 4.82. The minimum Gasteiger partial charge on any atom is -0.352 e. The zero-order valence-corrected chi connectivity index (χ0v) is 12.2. The summed E-state index contributed by atoms with van der Waals surface area (Å²) in [6, 6.07) is 7.59. The van der Waals surface area contributed by atoms with Crippen molar-refractivity contribution in [2.75, 3.05) is 11.9 Å². The van der Waals surface area contributed by atoms with E-state index in [0.29, 0.717) is 23.6 Å². The fourth-order valence-corrected chi connectivity index (χ4v) is 1.91. The fraction of sp³-hybridized carbons (Fsp3) is 0.200. The second-order valence-electron chi connectivity index (χ2n) is 4.41. The van der Waals surface area contributed by atoms with E-state index in [1.54, 1.807) is 18.3 Å². The normalized spacial score (nSPS) is 10.2. The number of carbonyl (C=O) groups is 1. The highest BCUT2D eigenvalue weighted by Gasteiger charge is 2.12. The molecular formula is C15H15ClFN3O. The van der Waals surface area contributed by atoms with Gasteiger partial charge in [-0.05, 0) is 36.8 Å². The molecule has 1 amide bonds. The van der Waals surface area contributed by atoms with Crippen LogP contribution in [-0.4, -0.2) is 17.4 Å². The van der Waals surface area contributed by atoms with Crippen molar-refractivity contribution in [2.24, 2.45) is 0 Å². The molecule has 2 aromatic rings. The minimum absolute atomic E-state index is 0.00733. The molecule has 0 bridgehead atoms. The van der Waals surface area contributed by atoms with Crippen LogP contribution in [0.5, 0.6) is 0 Å². The maximum absolute atomic E-state index is 13.1. The predicted octanol–water partition coefficient (Wildman–Crippen LogP) is 3.76. The lowest BCUT2D eigenvalue weighted by Gasteiger charge is -2.11. The van der Waals surface area contributed by atoms with Crippen LogP contribution in [0.1, 0.15) is 23.7 Å². The molecule has 1 aromatic carbocycles. The molecule has 2 N–H and O–H groups in total. The summed E-state index contributed by atoms with van der Waals surface area (Å²) >= 11 is 5.74. The van der Waals surface area contributed by atoms with E-state index in [1.807, 2.05) is 6.92 Å². The number of aromatic nitrogens is 1. The van der Waals surface area contributed by atoms with Crippen molar-refractivity contribution in [1.82, 2.24) is 10.3 Å². The first kappa shape index (κ1) is 15.3. The Morgan fingerprint density at radius 1 is 1.38 bits per heavy atom. The largest absolute Gasteiger partial charge is 0.352 e. The topological polar surface area (TPSA) is 54.0 Å². The highest BCUT2D eigenvalue weighted by atomic mass is 35.5. The molecule has 0 aliphatic heterocycles. The highest BCUT2D eigenvalue weighted by molar-refractivity contribution is 6.31. The summed E-state index contributed by atoms with van der Waals surface area (Å²) in [7, 11) is 0. The number of pyridine rings is 1. The van der Waals surface area contributed by atoms with Crippen LogP contribution in [-0.2, 0) is 0 Å². The first-order chi connectivity index (χ1) is 10.1. The number of nitrogens with zero attached hydrogens (tertiary/aromatic N) is 1. The molecule has 0 radical (unpaired) electrons. The molecule has 1 aromatic heterocycles. The van der Waals surface area contributed by atoms with Gasteiger partial charge in [0.2, 0.25) is 0 Å². The van der Waals surface area contributed by atoms with Gasteiger partial charge in [-0.25, -0.2) is 9.37 Å². The van der Waals surface area contributed by atoms with Gasteiger partial charge in [0.25, 0.3) is 5.91 Å². The Morgan fingerprint density at radius 3 is 2.90 bits per heavy atom. The molecule has 6 heteroatoms. The Hall–Kier alpha value is -2.14. The molecule has 0 spiro atoms. The van der Waals surface area contributed by atoms with Gasteiger partial charge in [0.15, 0.2) is 0 Å². The summed E-state index contributed by atoms with van der Waals surface area (Å²) < 4.78 is 13.1. The third kappa shape index (κ3) is 3.92. The third-order valence-corrected chi connectivity index (χ3v) is 3.06. The summed E-state index contributed by atoms with van der Waals surface area (Å²) in [5.41, 5.74) is 0.982. The highest BCUT2D eigenvalue weighted by Crippen LogP contribution is 2.23. The maximum atomic E-state index is 13.1. The van der Waals surface area contributed by atoms with Crippen molar-refractivity contribution in [1.29, 1.82) is 0 Å². The van der Waals surface area contributed by atoms with E-state index >= 15 is 0 Å². The van der Waals surface area contributed by atoms with Crippen LogP contribution in [0.3, 0.4) is 0 Å². The molecule has 4 nitrogen and oxygen atoms in total. The van der Waals surface area contributed by atoms with Crippen LogP contribution >= 0.6 is 11.6 Å². The van der Waals surface area contributed by atoms with Crippen molar-refractivity contribution in [3.8, 4) is 0 Å². The van der Waals surface area contributed by atoms with E-state index in [2.05, 4.69) is 15.6 Å². The van der Waals surface area contributed by atoms with Gasteiger partial charge in [-0.1, -0.05) is 18.5 Å². The van der Waals surface area contributed by atoms with E-state index in [9.17, 15) is 9.18 Å². The molecule has 0 saturated carbocycles. The van der Waals surface area contributed by atoms with Crippen molar-refractivity contribution >= 4 is 29.0 Å². The number of hydrogen-bond donors (Lipinski definition) is 2. The first-order valence-corrected chi connectivity index (χ1v) is 6.95. The van der Waals surface area contributed by atoms with E-state index in [1.165, 1.54) is 18.2 Å². The van der Waals surface area contributed by atoms with Gasteiger partial charge in [-0.3, -0.25) is 4.79 Å². The Morgan fingerprint density at radius 2 is 2.19 bits per heavy atom. The van der Waals surface area contributed by atoms with Gasteiger partial charge >= 0.3 is 0 Å². The summed E-state index contributed by atoms with van der Waals surface area (Å²) in [5, 5.41) is 5.77. The molecule has 0 aliphatic rings. The van der Waals surface area contributed by atoms with Gasteiger partial charge < -0.3 is 10.6 Å². The van der Waals surface area contributed by atoms with Crippen LogP contribution in [0.4, 0.5) is 15.9 Å². The molecule has 0 aliphatic carbocycles. The molecule has 0 fully saturated rings. The van der Waals surface area contributed by atoms with Crippen LogP contribution < -0.4 is 10.6 Å². The number of carbonyl (C=O) groups excluding carboxylic acids is 1. The Kier molecular flexibility index (Phi) is 5.11. The van der Waals surface area contributed by atoms with Crippen molar-refractivity contribution in [3.05, 3.63) is 52.9 Å². The van der Waals surface area contributed by atoms with Gasteiger partial charge in [-0.15, -0.1) is 0 Å². The van der Waals surface area contributed by atoms with Gasteiger partial charge in [0, 0.05) is 18.4 Å². The Balaban J connectivity index is 2.23. The molecule has 0 saturated heterocycles. The van der Waals surface area contributed by atoms with Crippen molar-refractivity contribution in [2.45, 2.75) is 13.3 Å². The van der Waals surface area contributed by atoms with Crippen molar-refractivity contribution in [3.63, 3.8) is 0 Å². The lowest BCUT2D eigenvalue weighted by molar-refractivity contribution is 0.0954. The number of halogens is 2. The molecule has 1 heterocycles. The summed E-state index contributed by atoms with van der Waals surface area (Å²) in [5.74, 6) is -0.307. The third-order valence-electron chi connectivity index (χ3n) is 2.77. The molecule has 0 unspecified atom stereocenters. The van der Waals surface area contributed by atoms with Gasteiger partial charge in [-0.2, -0.15) is 0 Å². The maximum Gasteiger partial charge on any atom is 0.255 e. The summed E-state index contributed by atoms with van der Waals surface area (Å²) in [4.78, 5) is 16.2. The molecule has 21 heavy (non-hydrogen) atoms. The Bertz CT molecular complexity index is 649. The average Bonchev–Trinajstić information content (AvgIpc) is 2.49. The lowest BCUT2D eigenvalue weighted by atomic mass is 10.2. The fourth-order valence-electron chi connectivity index (χ4n) is 1.73. The number of benzene rings is 1. The quantitative estimate of drug-likeness (QED) is 0.884. The minimum atomic E-state index is -0.496. The molecule has 0 atom stereocenters. The number of rotatable bonds is 5. The molecular weight excluding hydrogens is 293 g/mol. The number of nitrogens with one attached hydrogen (secondary N) is 2. The molecule has 2 rings (SSSR count). The van der Waals surface area contributed by atoms with Gasteiger partial charge in [0.05, 0.1) is 10.6 Å². The second kappa shape index (κ2) is 7.04.